The lowest BCUT2D eigenvalue weighted by Crippen LogP contribution is -2.41. The molecule has 5 heterocycles. The number of rotatable bonds is 2. The van der Waals surface area contributed by atoms with Crippen molar-refractivity contribution in [3.8, 4) is 0 Å². The molecule has 3 aliphatic rings. The van der Waals surface area contributed by atoms with Crippen LogP contribution >= 0.6 is 15.9 Å². The topological polar surface area (TPSA) is 155 Å². The van der Waals surface area contributed by atoms with Gasteiger partial charge in [-0.1, -0.05) is 32.4 Å². The number of nitrogens with two attached hydrogens (primary N) is 2. The molecule has 0 saturated carbocycles. The van der Waals surface area contributed by atoms with Gasteiger partial charge < -0.3 is 40.0 Å². The second-order valence-electron chi connectivity index (χ2n) is 16.1. The third kappa shape index (κ3) is 15.7. The third-order valence-electron chi connectivity index (χ3n) is 8.17. The first-order chi connectivity index (χ1) is 24.5. The van der Waals surface area contributed by atoms with Gasteiger partial charge in [0.25, 0.3) is 0 Å². The zero-order chi connectivity index (χ0) is 40.2. The van der Waals surface area contributed by atoms with Gasteiger partial charge in [0.1, 0.15) is 11.2 Å². The molecule has 14 heteroatoms. The average molecular weight is 802 g/mol. The monoisotopic (exact) mass is 800 g/mol. The van der Waals surface area contributed by atoms with Gasteiger partial charge in [-0.15, -0.1) is 0 Å². The van der Waals surface area contributed by atoms with Gasteiger partial charge in [-0.05, 0) is 127 Å². The Balaban J connectivity index is 0.000000287. The summed E-state index contributed by atoms with van der Waals surface area (Å²) in [5.74, 6) is 0. The van der Waals surface area contributed by atoms with Gasteiger partial charge in [-0.25, -0.2) is 9.59 Å². The number of anilines is 2. The SMILES string of the molecule is CC(C)(C)OC(=O)N1CC=C(B2OC(C)(C)C(C)(C)O2)CC1.CC(C)(C)OC(=O)N1CC=C(c2cncc(N)c2)CC1.CCC.Nc1cncc(Br)c1. The Morgan fingerprint density at radius 3 is 1.60 bits per heavy atom. The molecule has 0 aliphatic carbocycles. The quantitative estimate of drug-likeness (QED) is 0.282. The number of hydrogen-bond acceptors (Lipinski definition) is 10. The minimum absolute atomic E-state index is 0.265. The molecule has 0 unspecified atom stereocenters. The van der Waals surface area contributed by atoms with E-state index in [1.807, 2.05) is 87.5 Å². The van der Waals surface area contributed by atoms with Crippen molar-refractivity contribution in [3.63, 3.8) is 0 Å². The Kier molecular flexibility index (Phi) is 16.9. The molecule has 5 rings (SSSR count). The molecule has 53 heavy (non-hydrogen) atoms. The van der Waals surface area contributed by atoms with Crippen LogP contribution in [0.4, 0.5) is 21.0 Å². The van der Waals surface area contributed by atoms with Crippen LogP contribution in [0.3, 0.4) is 0 Å². The summed E-state index contributed by atoms with van der Waals surface area (Å²) >= 11 is 3.22. The molecule has 0 atom stereocenters. The molecule has 3 aliphatic heterocycles. The summed E-state index contributed by atoms with van der Waals surface area (Å²) in [6.07, 6.45) is 13.0. The molecule has 12 nitrogen and oxygen atoms in total. The number of nitrogen functional groups attached to an aromatic ring is 2. The highest BCUT2D eigenvalue weighted by atomic mass is 79.9. The Morgan fingerprint density at radius 1 is 0.792 bits per heavy atom. The zero-order valence-corrected chi connectivity index (χ0v) is 35.5. The number of aromatic nitrogens is 2. The minimum atomic E-state index is -0.465. The number of hydrogen-bond donors (Lipinski definition) is 2. The maximum atomic E-state index is 12.1. The van der Waals surface area contributed by atoms with E-state index in [0.29, 0.717) is 37.6 Å². The number of amides is 2. The van der Waals surface area contributed by atoms with E-state index in [2.05, 4.69) is 39.7 Å². The van der Waals surface area contributed by atoms with Crippen molar-refractivity contribution < 1.29 is 28.4 Å². The van der Waals surface area contributed by atoms with Crippen molar-refractivity contribution >= 4 is 52.2 Å². The maximum Gasteiger partial charge on any atom is 0.490 e. The van der Waals surface area contributed by atoms with Crippen LogP contribution in [-0.4, -0.2) is 87.7 Å². The molecule has 2 amide bonds. The highest BCUT2D eigenvalue weighted by Gasteiger charge is 2.52. The molecule has 294 valence electrons. The number of carbonyl (C=O) groups is 2. The molecule has 0 radical (unpaired) electrons. The normalized spacial score (nSPS) is 17.7. The van der Waals surface area contributed by atoms with Gasteiger partial charge in [-0.3, -0.25) is 9.97 Å². The van der Waals surface area contributed by atoms with Crippen molar-refractivity contribution in [2.45, 2.75) is 125 Å². The second-order valence-corrected chi connectivity index (χ2v) is 17.0. The van der Waals surface area contributed by atoms with E-state index in [1.165, 1.54) is 12.0 Å². The molecule has 0 spiro atoms. The van der Waals surface area contributed by atoms with Crippen LogP contribution in [-0.2, 0) is 18.8 Å². The van der Waals surface area contributed by atoms with E-state index in [4.69, 9.17) is 30.2 Å². The van der Waals surface area contributed by atoms with E-state index in [1.54, 1.807) is 40.7 Å². The molecule has 0 aromatic carbocycles. The van der Waals surface area contributed by atoms with Crippen LogP contribution in [0.2, 0.25) is 0 Å². The number of carbonyl (C=O) groups excluding carboxylic acids is 2. The summed E-state index contributed by atoms with van der Waals surface area (Å²) < 4.78 is 23.8. The molecule has 1 saturated heterocycles. The molecule has 4 N–H and O–H groups in total. The second kappa shape index (κ2) is 19.6. The highest BCUT2D eigenvalue weighted by molar-refractivity contribution is 9.10. The summed E-state index contributed by atoms with van der Waals surface area (Å²) in [6, 6.07) is 3.70. The van der Waals surface area contributed by atoms with E-state index in [-0.39, 0.29) is 30.5 Å². The molecular weight excluding hydrogens is 739 g/mol. The van der Waals surface area contributed by atoms with Gasteiger partial charge in [0.2, 0.25) is 0 Å². The van der Waals surface area contributed by atoms with Crippen LogP contribution in [0.25, 0.3) is 5.57 Å². The van der Waals surface area contributed by atoms with Crippen molar-refractivity contribution in [1.29, 1.82) is 0 Å². The van der Waals surface area contributed by atoms with Gasteiger partial charge >= 0.3 is 19.3 Å². The Bertz CT molecular complexity index is 1540. The van der Waals surface area contributed by atoms with Crippen LogP contribution in [0.15, 0.2) is 59.0 Å². The smallest absolute Gasteiger partial charge is 0.444 e. The summed E-state index contributed by atoms with van der Waals surface area (Å²) in [4.78, 5) is 35.3. The summed E-state index contributed by atoms with van der Waals surface area (Å²) in [6.45, 7) is 26.0. The van der Waals surface area contributed by atoms with E-state index >= 15 is 0 Å². The van der Waals surface area contributed by atoms with Crippen LogP contribution in [0.1, 0.15) is 108 Å². The summed E-state index contributed by atoms with van der Waals surface area (Å²) in [5, 5.41) is 0. The first kappa shape index (κ1) is 45.5. The van der Waals surface area contributed by atoms with Gasteiger partial charge in [0.05, 0.1) is 22.6 Å². The molecule has 2 aromatic rings. The fourth-order valence-corrected chi connectivity index (χ4v) is 5.25. The van der Waals surface area contributed by atoms with Crippen molar-refractivity contribution in [3.05, 3.63) is 64.6 Å². The lowest BCUT2D eigenvalue weighted by Gasteiger charge is -2.32. The Morgan fingerprint density at radius 2 is 1.25 bits per heavy atom. The fraction of sp³-hybridized carbons (Fsp3) is 0.590. The highest BCUT2D eigenvalue weighted by Crippen LogP contribution is 2.39. The number of nitrogens with zero attached hydrogens (tertiary/aromatic N) is 4. The number of pyridine rings is 2. The Labute approximate surface area is 326 Å². The third-order valence-corrected chi connectivity index (χ3v) is 8.60. The lowest BCUT2D eigenvalue weighted by molar-refractivity contribution is 0.00578. The van der Waals surface area contributed by atoms with Gasteiger partial charge in [0.15, 0.2) is 0 Å². The first-order valence-electron chi connectivity index (χ1n) is 18.2. The van der Waals surface area contributed by atoms with E-state index < -0.39 is 11.2 Å². The lowest BCUT2D eigenvalue weighted by atomic mass is 9.75. The average Bonchev–Trinajstić information content (AvgIpc) is 3.26. The van der Waals surface area contributed by atoms with Crippen LogP contribution < -0.4 is 11.5 Å². The van der Waals surface area contributed by atoms with Crippen LogP contribution in [0, 0.1) is 0 Å². The summed E-state index contributed by atoms with van der Waals surface area (Å²) in [7, 11) is -0.314. The van der Waals surface area contributed by atoms with Crippen LogP contribution in [0.5, 0.6) is 0 Å². The zero-order valence-electron chi connectivity index (χ0n) is 33.9. The minimum Gasteiger partial charge on any atom is -0.444 e. The molecule has 0 bridgehead atoms. The predicted molar refractivity (Wildman–Crippen MR) is 218 cm³/mol. The fourth-order valence-electron chi connectivity index (χ4n) is 4.87. The van der Waals surface area contributed by atoms with Crippen molar-refractivity contribution in [1.82, 2.24) is 19.8 Å². The maximum absolute atomic E-state index is 12.1. The largest absolute Gasteiger partial charge is 0.490 e. The standard InChI is InChI=1S/C16H28BNO4.C15H21N3O2.C5H5BrN2.C3H8/c1-14(2,3)20-13(19)18-10-8-12(9-11-18)17-21-15(4,5)16(6,7)22-17;1-15(2,3)20-14(19)18-6-4-11(5-7-18)12-8-13(16)10-17-9-12;6-4-1-5(7)3-8-2-4;1-3-2/h8H,9-11H2,1-7H3;4,8-10H,5-7,16H2,1-3H3;1-3H,7H2;3H2,1-2H3. The van der Waals surface area contributed by atoms with E-state index in [0.717, 1.165) is 28.4 Å². The van der Waals surface area contributed by atoms with E-state index in [9.17, 15) is 9.59 Å². The van der Waals surface area contributed by atoms with Gasteiger partial charge in [0, 0.05) is 55.4 Å². The van der Waals surface area contributed by atoms with Gasteiger partial charge in [-0.2, -0.15) is 0 Å². The molecule has 2 aromatic heterocycles. The predicted octanol–water partition coefficient (Wildman–Crippen LogP) is 8.72. The molecule has 1 fully saturated rings. The van der Waals surface area contributed by atoms with Crippen molar-refractivity contribution in [2.24, 2.45) is 0 Å². The molecular formula is C39H62BBrN6O6. The summed E-state index contributed by atoms with van der Waals surface area (Å²) in [5.41, 5.74) is 14.1. The number of ether oxygens (including phenoxy) is 2. The number of halogens is 1. The van der Waals surface area contributed by atoms with Crippen molar-refractivity contribution in [2.75, 3.05) is 37.6 Å². The Hall–Kier alpha value is -3.62. The first-order valence-corrected chi connectivity index (χ1v) is 19.0.